The quantitative estimate of drug-likeness (QED) is 0.543. The van der Waals surface area contributed by atoms with Gasteiger partial charge in [-0.1, -0.05) is 19.3 Å². The van der Waals surface area contributed by atoms with E-state index in [9.17, 15) is 4.39 Å². The summed E-state index contributed by atoms with van der Waals surface area (Å²) >= 11 is 1.72. The van der Waals surface area contributed by atoms with Gasteiger partial charge in [0.15, 0.2) is 0 Å². The minimum absolute atomic E-state index is 0.236. The standard InChI is InChI=1S/C24H28FN5S/c25-18-8-6-16(7-9-18)21-22(31-23(30-21)17-10-13-26-14-11-17)20-12-15-27-24(29-20)28-19-4-2-1-3-5-19/h6-9,12,15,17,19,26H,1-5,10-11,13-14H2,(H,27,28,29). The van der Waals surface area contributed by atoms with Crippen LogP contribution in [0.1, 0.15) is 55.9 Å². The molecule has 5 nitrogen and oxygen atoms in total. The molecule has 2 N–H and O–H groups in total. The topological polar surface area (TPSA) is 62.7 Å². The molecule has 2 fully saturated rings. The van der Waals surface area contributed by atoms with Crippen molar-refractivity contribution in [2.45, 2.75) is 56.9 Å². The summed E-state index contributed by atoms with van der Waals surface area (Å²) < 4.78 is 13.5. The molecule has 1 saturated carbocycles. The van der Waals surface area contributed by atoms with Crippen molar-refractivity contribution in [3.8, 4) is 21.8 Å². The highest BCUT2D eigenvalue weighted by molar-refractivity contribution is 7.15. The van der Waals surface area contributed by atoms with E-state index >= 15 is 0 Å². The number of nitrogens with zero attached hydrogens (tertiary/aromatic N) is 3. The lowest BCUT2D eigenvalue weighted by atomic mass is 9.96. The lowest BCUT2D eigenvalue weighted by molar-refractivity contribution is 0.459. The zero-order chi connectivity index (χ0) is 21.0. The molecule has 0 unspecified atom stereocenters. The largest absolute Gasteiger partial charge is 0.351 e. The van der Waals surface area contributed by atoms with Crippen LogP contribution in [0.2, 0.25) is 0 Å². The number of piperidine rings is 1. The fourth-order valence-corrected chi connectivity index (χ4v) is 5.77. The molecule has 7 heteroatoms. The first-order chi connectivity index (χ1) is 15.3. The number of hydrogen-bond donors (Lipinski definition) is 2. The summed E-state index contributed by atoms with van der Waals surface area (Å²) in [4.78, 5) is 15.4. The van der Waals surface area contributed by atoms with Gasteiger partial charge in [0.1, 0.15) is 5.82 Å². The first kappa shape index (κ1) is 20.5. The Bertz CT molecular complexity index is 1010. The second-order valence-corrected chi connectivity index (χ2v) is 9.54. The first-order valence-corrected chi connectivity index (χ1v) is 12.2. The van der Waals surface area contributed by atoms with Crippen molar-refractivity contribution < 1.29 is 4.39 Å². The molecule has 0 atom stereocenters. The van der Waals surface area contributed by atoms with Gasteiger partial charge in [0.25, 0.3) is 0 Å². The summed E-state index contributed by atoms with van der Waals surface area (Å²) in [6.45, 7) is 2.04. The maximum Gasteiger partial charge on any atom is 0.223 e. The Balaban J connectivity index is 1.50. The molecule has 0 spiro atoms. The Hall–Kier alpha value is -2.38. The lowest BCUT2D eigenvalue weighted by Crippen LogP contribution is -2.26. The Morgan fingerprint density at radius 3 is 2.48 bits per heavy atom. The monoisotopic (exact) mass is 437 g/mol. The molecule has 5 rings (SSSR count). The summed E-state index contributed by atoms with van der Waals surface area (Å²) in [6.07, 6.45) is 10.2. The van der Waals surface area contributed by atoms with Crippen LogP contribution in [0.4, 0.5) is 10.3 Å². The molecule has 2 aromatic heterocycles. The summed E-state index contributed by atoms with van der Waals surface area (Å²) in [7, 11) is 0. The van der Waals surface area contributed by atoms with Crippen LogP contribution in [0.5, 0.6) is 0 Å². The van der Waals surface area contributed by atoms with Gasteiger partial charge in [0.2, 0.25) is 5.95 Å². The second-order valence-electron chi connectivity index (χ2n) is 8.51. The smallest absolute Gasteiger partial charge is 0.223 e. The number of nitrogens with one attached hydrogen (secondary N) is 2. The average molecular weight is 438 g/mol. The van der Waals surface area contributed by atoms with Crippen molar-refractivity contribution in [2.24, 2.45) is 0 Å². The first-order valence-electron chi connectivity index (χ1n) is 11.3. The predicted octanol–water partition coefficient (Wildman–Crippen LogP) is 5.62. The van der Waals surface area contributed by atoms with Crippen molar-refractivity contribution in [3.05, 3.63) is 47.4 Å². The number of thiazole rings is 1. The SMILES string of the molecule is Fc1ccc(-c2nc(C3CCNCC3)sc2-c2ccnc(NC3CCCCC3)n2)cc1. The molecule has 1 saturated heterocycles. The normalized spacial score (nSPS) is 18.2. The highest BCUT2D eigenvalue weighted by Gasteiger charge is 2.24. The molecule has 31 heavy (non-hydrogen) atoms. The maximum atomic E-state index is 13.5. The Kier molecular flexibility index (Phi) is 6.22. The number of hydrogen-bond acceptors (Lipinski definition) is 6. The van der Waals surface area contributed by atoms with Gasteiger partial charge in [-0.25, -0.2) is 19.3 Å². The molecule has 0 bridgehead atoms. The molecule has 0 amide bonds. The predicted molar refractivity (Wildman–Crippen MR) is 124 cm³/mol. The fourth-order valence-electron chi connectivity index (χ4n) is 4.54. The molecule has 3 heterocycles. The Labute approximate surface area is 186 Å². The van der Waals surface area contributed by atoms with Crippen molar-refractivity contribution in [1.29, 1.82) is 0 Å². The zero-order valence-electron chi connectivity index (χ0n) is 17.6. The number of aromatic nitrogens is 3. The van der Waals surface area contributed by atoms with Crippen molar-refractivity contribution in [1.82, 2.24) is 20.3 Å². The van der Waals surface area contributed by atoms with Gasteiger partial charge in [-0.15, -0.1) is 11.3 Å². The molecule has 0 radical (unpaired) electrons. The van der Waals surface area contributed by atoms with Crippen LogP contribution in [0.3, 0.4) is 0 Å². The number of rotatable bonds is 5. The third-order valence-electron chi connectivity index (χ3n) is 6.28. The van der Waals surface area contributed by atoms with Crippen molar-refractivity contribution in [2.75, 3.05) is 18.4 Å². The minimum atomic E-state index is -0.236. The second kappa shape index (κ2) is 9.40. The highest BCUT2D eigenvalue weighted by Crippen LogP contribution is 2.40. The van der Waals surface area contributed by atoms with E-state index in [1.165, 1.54) is 44.2 Å². The zero-order valence-corrected chi connectivity index (χ0v) is 18.4. The van der Waals surface area contributed by atoms with Crippen molar-refractivity contribution >= 4 is 17.3 Å². The van der Waals surface area contributed by atoms with Gasteiger partial charge in [0, 0.05) is 23.7 Å². The summed E-state index contributed by atoms with van der Waals surface area (Å²) in [5, 5.41) is 8.11. The summed E-state index contributed by atoms with van der Waals surface area (Å²) in [5.74, 6) is 0.909. The van der Waals surface area contributed by atoms with Gasteiger partial charge in [0.05, 0.1) is 21.3 Å². The average Bonchev–Trinajstić information content (AvgIpc) is 3.27. The van der Waals surface area contributed by atoms with E-state index in [1.54, 1.807) is 11.3 Å². The molecular weight excluding hydrogens is 409 g/mol. The van der Waals surface area contributed by atoms with Crippen LogP contribution in [0, 0.1) is 5.82 Å². The van der Waals surface area contributed by atoms with Crippen molar-refractivity contribution in [3.63, 3.8) is 0 Å². The third-order valence-corrected chi connectivity index (χ3v) is 7.52. The summed E-state index contributed by atoms with van der Waals surface area (Å²) in [5.41, 5.74) is 2.69. The Morgan fingerprint density at radius 1 is 0.935 bits per heavy atom. The van der Waals surface area contributed by atoms with Gasteiger partial charge in [-0.2, -0.15) is 0 Å². The van der Waals surface area contributed by atoms with E-state index < -0.39 is 0 Å². The molecule has 162 valence electrons. The molecule has 1 aliphatic carbocycles. The van der Waals surface area contributed by atoms with Crippen LogP contribution in [-0.4, -0.2) is 34.1 Å². The van der Waals surface area contributed by atoms with Gasteiger partial charge in [-0.05, 0) is 69.1 Å². The third kappa shape index (κ3) is 4.77. The molecular formula is C24H28FN5S. The highest BCUT2D eigenvalue weighted by atomic mass is 32.1. The van der Waals surface area contributed by atoms with Crippen LogP contribution in [-0.2, 0) is 0 Å². The van der Waals surface area contributed by atoms with Crippen LogP contribution < -0.4 is 10.6 Å². The van der Waals surface area contributed by atoms with Crippen LogP contribution in [0.15, 0.2) is 36.5 Å². The number of benzene rings is 1. The lowest BCUT2D eigenvalue weighted by Gasteiger charge is -2.22. The molecule has 1 aliphatic heterocycles. The number of halogens is 1. The van der Waals surface area contributed by atoms with E-state index in [2.05, 4.69) is 15.6 Å². The summed E-state index contributed by atoms with van der Waals surface area (Å²) in [6, 6.07) is 9.02. The fraction of sp³-hybridized carbons (Fsp3) is 0.458. The molecule has 2 aliphatic rings. The molecule has 1 aromatic carbocycles. The van der Waals surface area contributed by atoms with E-state index in [0.29, 0.717) is 17.9 Å². The van der Waals surface area contributed by atoms with Gasteiger partial charge < -0.3 is 10.6 Å². The minimum Gasteiger partial charge on any atom is -0.351 e. The maximum absolute atomic E-state index is 13.5. The van der Waals surface area contributed by atoms with Crippen LogP contribution in [0.25, 0.3) is 21.8 Å². The van der Waals surface area contributed by atoms with Gasteiger partial charge in [-0.3, -0.25) is 0 Å². The van der Waals surface area contributed by atoms with E-state index in [-0.39, 0.29) is 5.82 Å². The number of anilines is 1. The Morgan fingerprint density at radius 2 is 1.71 bits per heavy atom. The van der Waals surface area contributed by atoms with E-state index in [0.717, 1.165) is 52.8 Å². The van der Waals surface area contributed by atoms with Gasteiger partial charge >= 0.3 is 0 Å². The molecule has 3 aromatic rings. The van der Waals surface area contributed by atoms with E-state index in [4.69, 9.17) is 9.97 Å². The van der Waals surface area contributed by atoms with E-state index in [1.807, 2.05) is 24.4 Å². The van der Waals surface area contributed by atoms with Crippen LogP contribution >= 0.6 is 11.3 Å².